The Morgan fingerprint density at radius 1 is 1.47 bits per heavy atom. The van der Waals surface area contributed by atoms with Crippen LogP contribution in [0.1, 0.15) is 23.7 Å². The van der Waals surface area contributed by atoms with E-state index >= 15 is 0 Å². The fourth-order valence-corrected chi connectivity index (χ4v) is 1.49. The molecule has 4 nitrogen and oxygen atoms in total. The molecule has 1 aromatic rings. The zero-order chi connectivity index (χ0) is 13.0. The fraction of sp³-hybridized carbons (Fsp3) is 0.333. The standard InChI is InChI=1S/C12H13FO4/c1-7(5-11(14)15)12(16)9-6-8(13)3-4-10(9)17-2/h3-4,6-7H,5H2,1-2H3,(H,14,15). The molecule has 1 rings (SSSR count). The van der Waals surface area contributed by atoms with Gasteiger partial charge in [-0.1, -0.05) is 6.92 Å². The molecule has 0 heterocycles. The van der Waals surface area contributed by atoms with Gasteiger partial charge in [0.25, 0.3) is 0 Å². The van der Waals surface area contributed by atoms with Gasteiger partial charge in [-0.2, -0.15) is 0 Å². The Balaban J connectivity index is 3.02. The summed E-state index contributed by atoms with van der Waals surface area (Å²) in [5.74, 6) is -2.54. The van der Waals surface area contributed by atoms with E-state index in [9.17, 15) is 14.0 Å². The van der Waals surface area contributed by atoms with Crippen LogP contribution in [0.25, 0.3) is 0 Å². The van der Waals surface area contributed by atoms with Crippen LogP contribution in [0, 0.1) is 11.7 Å². The number of carboxylic acid groups (broad SMARTS) is 1. The molecule has 17 heavy (non-hydrogen) atoms. The molecule has 5 heteroatoms. The van der Waals surface area contributed by atoms with Crippen molar-refractivity contribution in [3.8, 4) is 5.75 Å². The first-order valence-electron chi connectivity index (χ1n) is 5.05. The first-order chi connectivity index (χ1) is 7.95. The van der Waals surface area contributed by atoms with Crippen molar-refractivity contribution in [3.63, 3.8) is 0 Å². The molecule has 0 aromatic heterocycles. The minimum Gasteiger partial charge on any atom is -0.496 e. The third-order valence-electron chi connectivity index (χ3n) is 2.36. The van der Waals surface area contributed by atoms with Gasteiger partial charge in [0.2, 0.25) is 0 Å². The molecule has 0 saturated carbocycles. The molecular formula is C12H13FO4. The van der Waals surface area contributed by atoms with Gasteiger partial charge >= 0.3 is 5.97 Å². The number of carbonyl (C=O) groups is 2. The molecule has 0 aliphatic heterocycles. The molecule has 0 saturated heterocycles. The highest BCUT2D eigenvalue weighted by Crippen LogP contribution is 2.23. The molecule has 0 radical (unpaired) electrons. The summed E-state index contributed by atoms with van der Waals surface area (Å²) >= 11 is 0. The van der Waals surface area contributed by atoms with Crippen molar-refractivity contribution in [1.82, 2.24) is 0 Å². The average Bonchev–Trinajstić information content (AvgIpc) is 2.27. The van der Waals surface area contributed by atoms with Crippen molar-refractivity contribution in [2.24, 2.45) is 5.92 Å². The van der Waals surface area contributed by atoms with Crippen LogP contribution < -0.4 is 4.74 Å². The lowest BCUT2D eigenvalue weighted by atomic mass is 9.96. The van der Waals surface area contributed by atoms with Gasteiger partial charge in [0.15, 0.2) is 5.78 Å². The minimum atomic E-state index is -1.07. The van der Waals surface area contributed by atoms with Gasteiger partial charge in [-0.15, -0.1) is 0 Å². The Kier molecular flexibility index (Phi) is 4.20. The number of hydrogen-bond acceptors (Lipinski definition) is 3. The zero-order valence-electron chi connectivity index (χ0n) is 9.57. The normalized spacial score (nSPS) is 11.9. The van der Waals surface area contributed by atoms with Crippen molar-refractivity contribution in [2.75, 3.05) is 7.11 Å². The summed E-state index contributed by atoms with van der Waals surface area (Å²) in [5.41, 5.74) is 0.0706. The maximum atomic E-state index is 13.0. The second-order valence-electron chi connectivity index (χ2n) is 3.71. The molecule has 1 N–H and O–H groups in total. The van der Waals surface area contributed by atoms with Crippen molar-refractivity contribution >= 4 is 11.8 Å². The lowest BCUT2D eigenvalue weighted by Gasteiger charge is -2.11. The van der Waals surface area contributed by atoms with E-state index < -0.39 is 23.5 Å². The highest BCUT2D eigenvalue weighted by atomic mass is 19.1. The number of ether oxygens (including phenoxy) is 1. The molecule has 0 aliphatic carbocycles. The number of carboxylic acids is 1. The largest absolute Gasteiger partial charge is 0.496 e. The molecular weight excluding hydrogens is 227 g/mol. The maximum Gasteiger partial charge on any atom is 0.304 e. The zero-order valence-corrected chi connectivity index (χ0v) is 9.57. The molecule has 1 unspecified atom stereocenters. The molecule has 1 atom stereocenters. The van der Waals surface area contributed by atoms with E-state index in [-0.39, 0.29) is 17.7 Å². The van der Waals surface area contributed by atoms with Gasteiger partial charge in [-0.05, 0) is 18.2 Å². The van der Waals surface area contributed by atoms with Gasteiger partial charge in [-0.3, -0.25) is 9.59 Å². The highest BCUT2D eigenvalue weighted by Gasteiger charge is 2.21. The number of rotatable bonds is 5. The predicted octanol–water partition coefficient (Wildman–Crippen LogP) is 2.13. The highest BCUT2D eigenvalue weighted by molar-refractivity contribution is 6.01. The van der Waals surface area contributed by atoms with E-state index in [2.05, 4.69) is 0 Å². The smallest absolute Gasteiger partial charge is 0.304 e. The number of methoxy groups -OCH3 is 1. The summed E-state index contributed by atoms with van der Waals surface area (Å²) in [6.45, 7) is 1.49. The number of halogens is 1. The first kappa shape index (κ1) is 13.2. The Bertz CT molecular complexity index is 442. The van der Waals surface area contributed by atoms with Crippen LogP contribution in [0.2, 0.25) is 0 Å². The van der Waals surface area contributed by atoms with E-state index in [1.807, 2.05) is 0 Å². The Morgan fingerprint density at radius 3 is 2.65 bits per heavy atom. The summed E-state index contributed by atoms with van der Waals surface area (Å²) in [6, 6.07) is 3.58. The number of Topliss-reactive ketones (excluding diaryl/α,β-unsaturated/α-hetero) is 1. The van der Waals surface area contributed by atoms with Crippen molar-refractivity contribution in [3.05, 3.63) is 29.6 Å². The van der Waals surface area contributed by atoms with Gasteiger partial charge in [0.1, 0.15) is 11.6 Å². The molecule has 0 fully saturated rings. The monoisotopic (exact) mass is 240 g/mol. The first-order valence-corrected chi connectivity index (χ1v) is 5.05. The van der Waals surface area contributed by atoms with Crippen LogP contribution in [0.5, 0.6) is 5.75 Å². The molecule has 0 bridgehead atoms. The van der Waals surface area contributed by atoms with Crippen LogP contribution in [0.4, 0.5) is 4.39 Å². The molecule has 92 valence electrons. The van der Waals surface area contributed by atoms with Crippen LogP contribution in [0.15, 0.2) is 18.2 Å². The number of hydrogen-bond donors (Lipinski definition) is 1. The third-order valence-corrected chi connectivity index (χ3v) is 2.36. The number of carbonyl (C=O) groups excluding carboxylic acids is 1. The molecule has 0 spiro atoms. The summed E-state index contributed by atoms with van der Waals surface area (Å²) in [7, 11) is 1.37. The second kappa shape index (κ2) is 5.43. The molecule has 0 amide bonds. The Hall–Kier alpha value is -1.91. The SMILES string of the molecule is COc1ccc(F)cc1C(=O)C(C)CC(=O)O. The van der Waals surface area contributed by atoms with E-state index in [1.165, 1.54) is 26.2 Å². The van der Waals surface area contributed by atoms with Gasteiger partial charge in [0, 0.05) is 5.92 Å². The van der Waals surface area contributed by atoms with Crippen LogP contribution >= 0.6 is 0 Å². The van der Waals surface area contributed by atoms with E-state index in [4.69, 9.17) is 9.84 Å². The van der Waals surface area contributed by atoms with Crippen LogP contribution in [-0.4, -0.2) is 24.0 Å². The molecule has 0 aliphatic rings. The number of aliphatic carboxylic acids is 1. The van der Waals surface area contributed by atoms with Crippen molar-refractivity contribution < 1.29 is 23.8 Å². The topological polar surface area (TPSA) is 63.6 Å². The summed E-state index contributed by atoms with van der Waals surface area (Å²) in [5, 5.41) is 8.60. The van der Waals surface area contributed by atoms with E-state index in [0.717, 1.165) is 6.07 Å². The lowest BCUT2D eigenvalue weighted by molar-refractivity contribution is -0.137. The second-order valence-corrected chi connectivity index (χ2v) is 3.71. The van der Waals surface area contributed by atoms with E-state index in [0.29, 0.717) is 0 Å². The van der Waals surface area contributed by atoms with Gasteiger partial charge in [0.05, 0.1) is 19.1 Å². The molecule has 1 aromatic carbocycles. The van der Waals surface area contributed by atoms with Gasteiger partial charge < -0.3 is 9.84 Å². The third kappa shape index (κ3) is 3.27. The van der Waals surface area contributed by atoms with Gasteiger partial charge in [-0.25, -0.2) is 4.39 Å². The Labute approximate surface area is 98.0 Å². The van der Waals surface area contributed by atoms with Crippen molar-refractivity contribution in [1.29, 1.82) is 0 Å². The van der Waals surface area contributed by atoms with Crippen molar-refractivity contribution in [2.45, 2.75) is 13.3 Å². The summed E-state index contributed by atoms with van der Waals surface area (Å²) in [4.78, 5) is 22.4. The number of ketones is 1. The fourth-order valence-electron chi connectivity index (χ4n) is 1.49. The minimum absolute atomic E-state index is 0.0706. The maximum absolute atomic E-state index is 13.0. The van der Waals surface area contributed by atoms with E-state index in [1.54, 1.807) is 0 Å². The van der Waals surface area contributed by atoms with Crippen LogP contribution in [0.3, 0.4) is 0 Å². The quantitative estimate of drug-likeness (QED) is 0.801. The summed E-state index contributed by atoms with van der Waals surface area (Å²) in [6.07, 6.45) is -0.293. The average molecular weight is 240 g/mol. The lowest BCUT2D eigenvalue weighted by Crippen LogP contribution is -2.16. The Morgan fingerprint density at radius 2 is 2.12 bits per heavy atom. The predicted molar refractivity (Wildman–Crippen MR) is 58.7 cm³/mol. The number of benzene rings is 1. The summed E-state index contributed by atoms with van der Waals surface area (Å²) < 4.78 is 18.0. The van der Waals surface area contributed by atoms with Crippen LogP contribution in [-0.2, 0) is 4.79 Å².